The van der Waals surface area contributed by atoms with Crippen LogP contribution in [-0.4, -0.2) is 31.3 Å². The van der Waals surface area contributed by atoms with Gasteiger partial charge in [-0.1, -0.05) is 28.1 Å². The minimum Gasteiger partial charge on any atom is -0.469 e. The number of hydrogen-bond donors (Lipinski definition) is 2. The van der Waals surface area contributed by atoms with E-state index < -0.39 is 6.10 Å². The third-order valence-corrected chi connectivity index (χ3v) is 2.80. The molecule has 1 aromatic rings. The number of rotatable bonds is 6. The molecule has 0 aliphatic carbocycles. The lowest BCUT2D eigenvalue weighted by molar-refractivity contribution is -0.140. The van der Waals surface area contributed by atoms with Crippen molar-refractivity contribution in [3.63, 3.8) is 0 Å². The van der Waals surface area contributed by atoms with E-state index in [1.165, 1.54) is 7.11 Å². The number of carbonyl (C=O) groups excluding carboxylic acids is 1. The molecule has 1 atom stereocenters. The van der Waals surface area contributed by atoms with Gasteiger partial charge < -0.3 is 15.2 Å². The van der Waals surface area contributed by atoms with Crippen LogP contribution in [0.5, 0.6) is 0 Å². The van der Waals surface area contributed by atoms with E-state index in [0.717, 1.165) is 10.0 Å². The monoisotopic (exact) mass is 301 g/mol. The number of methoxy groups -OCH3 is 1. The van der Waals surface area contributed by atoms with E-state index in [1.54, 1.807) is 0 Å². The zero-order valence-corrected chi connectivity index (χ0v) is 11.2. The van der Waals surface area contributed by atoms with Gasteiger partial charge in [0, 0.05) is 17.6 Å². The molecule has 1 aromatic carbocycles. The standard InChI is InChI=1S/C12H16BrNO3/c1-17-12(16)5-6-14-8-11(15)9-3-2-4-10(13)7-9/h2-4,7,11,14-15H,5-6,8H2,1H3. The molecule has 0 radical (unpaired) electrons. The van der Waals surface area contributed by atoms with Gasteiger partial charge in [-0.3, -0.25) is 4.79 Å². The number of aliphatic hydroxyl groups excluding tert-OH is 1. The van der Waals surface area contributed by atoms with Crippen LogP contribution in [0.3, 0.4) is 0 Å². The van der Waals surface area contributed by atoms with Crippen LogP contribution in [0.4, 0.5) is 0 Å². The predicted octanol–water partition coefficient (Wildman–Crippen LogP) is 1.64. The summed E-state index contributed by atoms with van der Waals surface area (Å²) in [4.78, 5) is 10.8. The van der Waals surface area contributed by atoms with Crippen molar-refractivity contribution in [2.75, 3.05) is 20.2 Å². The van der Waals surface area contributed by atoms with Crippen LogP contribution in [0.15, 0.2) is 28.7 Å². The molecular weight excluding hydrogens is 286 g/mol. The predicted molar refractivity (Wildman–Crippen MR) is 68.6 cm³/mol. The molecule has 1 unspecified atom stereocenters. The summed E-state index contributed by atoms with van der Waals surface area (Å²) in [5.74, 6) is -0.255. The minimum absolute atomic E-state index is 0.255. The van der Waals surface area contributed by atoms with Crippen molar-refractivity contribution in [3.8, 4) is 0 Å². The van der Waals surface area contributed by atoms with Gasteiger partial charge in [0.15, 0.2) is 0 Å². The van der Waals surface area contributed by atoms with Gasteiger partial charge in [0.25, 0.3) is 0 Å². The Morgan fingerprint density at radius 3 is 3.00 bits per heavy atom. The third-order valence-electron chi connectivity index (χ3n) is 2.30. The smallest absolute Gasteiger partial charge is 0.306 e. The Kier molecular flexibility index (Phi) is 6.18. The Labute approximate surface area is 109 Å². The fourth-order valence-corrected chi connectivity index (χ4v) is 1.78. The molecule has 5 heteroatoms. The third kappa shape index (κ3) is 5.30. The maximum atomic E-state index is 10.8. The van der Waals surface area contributed by atoms with E-state index in [9.17, 15) is 9.90 Å². The largest absolute Gasteiger partial charge is 0.469 e. The molecule has 0 saturated heterocycles. The molecule has 0 spiro atoms. The maximum Gasteiger partial charge on any atom is 0.306 e. The van der Waals surface area contributed by atoms with Gasteiger partial charge in [0.1, 0.15) is 0 Å². The van der Waals surface area contributed by atoms with Crippen molar-refractivity contribution in [3.05, 3.63) is 34.3 Å². The van der Waals surface area contributed by atoms with Gasteiger partial charge in [-0.2, -0.15) is 0 Å². The van der Waals surface area contributed by atoms with Crippen LogP contribution in [0.25, 0.3) is 0 Å². The molecule has 0 aliphatic heterocycles. The molecule has 0 heterocycles. The number of benzene rings is 1. The van der Waals surface area contributed by atoms with Gasteiger partial charge in [-0.15, -0.1) is 0 Å². The highest BCUT2D eigenvalue weighted by Crippen LogP contribution is 2.17. The van der Waals surface area contributed by atoms with E-state index in [0.29, 0.717) is 19.5 Å². The van der Waals surface area contributed by atoms with Gasteiger partial charge in [0.05, 0.1) is 19.6 Å². The maximum absolute atomic E-state index is 10.8. The lowest BCUT2D eigenvalue weighted by Gasteiger charge is -2.12. The first kappa shape index (κ1) is 14.2. The van der Waals surface area contributed by atoms with E-state index in [-0.39, 0.29) is 5.97 Å². The molecule has 0 amide bonds. The summed E-state index contributed by atoms with van der Waals surface area (Å²) < 4.78 is 5.44. The summed E-state index contributed by atoms with van der Waals surface area (Å²) in [5.41, 5.74) is 0.838. The van der Waals surface area contributed by atoms with E-state index in [1.807, 2.05) is 24.3 Å². The minimum atomic E-state index is -0.579. The molecule has 0 fully saturated rings. The molecule has 94 valence electrons. The van der Waals surface area contributed by atoms with Crippen molar-refractivity contribution in [1.82, 2.24) is 5.32 Å². The highest BCUT2D eigenvalue weighted by atomic mass is 79.9. The van der Waals surface area contributed by atoms with Gasteiger partial charge >= 0.3 is 5.97 Å². The van der Waals surface area contributed by atoms with Crippen molar-refractivity contribution < 1.29 is 14.6 Å². The summed E-state index contributed by atoms with van der Waals surface area (Å²) in [7, 11) is 1.36. The average molecular weight is 302 g/mol. The molecule has 0 aromatic heterocycles. The van der Waals surface area contributed by atoms with Crippen molar-refractivity contribution >= 4 is 21.9 Å². The number of ether oxygens (including phenoxy) is 1. The number of halogens is 1. The van der Waals surface area contributed by atoms with E-state index in [4.69, 9.17) is 0 Å². The molecule has 4 nitrogen and oxygen atoms in total. The summed E-state index contributed by atoms with van der Waals surface area (Å²) in [5, 5.41) is 12.9. The zero-order valence-electron chi connectivity index (χ0n) is 9.65. The first-order valence-electron chi connectivity index (χ1n) is 5.34. The van der Waals surface area contributed by atoms with Crippen molar-refractivity contribution in [2.45, 2.75) is 12.5 Å². The second-order valence-corrected chi connectivity index (χ2v) is 4.52. The second kappa shape index (κ2) is 7.42. The van der Waals surface area contributed by atoms with Crippen LogP contribution in [0.2, 0.25) is 0 Å². The summed E-state index contributed by atoms with van der Waals surface area (Å²) in [6, 6.07) is 7.50. The Hall–Kier alpha value is -0.910. The highest BCUT2D eigenvalue weighted by Gasteiger charge is 2.07. The molecule has 1 rings (SSSR count). The SMILES string of the molecule is COC(=O)CCNCC(O)c1cccc(Br)c1. The van der Waals surface area contributed by atoms with Gasteiger partial charge in [0.2, 0.25) is 0 Å². The van der Waals surface area contributed by atoms with Crippen LogP contribution in [-0.2, 0) is 9.53 Å². The van der Waals surface area contributed by atoms with Crippen LogP contribution in [0.1, 0.15) is 18.1 Å². The lowest BCUT2D eigenvalue weighted by atomic mass is 10.1. The Bertz CT molecular complexity index is 371. The number of nitrogens with one attached hydrogen (secondary N) is 1. The summed E-state index contributed by atoms with van der Waals surface area (Å²) in [6.45, 7) is 0.908. The Morgan fingerprint density at radius 2 is 2.35 bits per heavy atom. The fraction of sp³-hybridized carbons (Fsp3) is 0.417. The molecule has 0 aliphatic rings. The number of aliphatic hydroxyl groups is 1. The molecule has 0 saturated carbocycles. The number of hydrogen-bond acceptors (Lipinski definition) is 4. The molecular formula is C12H16BrNO3. The van der Waals surface area contributed by atoms with Crippen LogP contribution in [0, 0.1) is 0 Å². The molecule has 17 heavy (non-hydrogen) atoms. The van der Waals surface area contributed by atoms with Crippen molar-refractivity contribution in [2.24, 2.45) is 0 Å². The average Bonchev–Trinajstić information content (AvgIpc) is 2.34. The first-order valence-corrected chi connectivity index (χ1v) is 6.14. The Morgan fingerprint density at radius 1 is 1.59 bits per heavy atom. The second-order valence-electron chi connectivity index (χ2n) is 3.60. The molecule has 0 bridgehead atoms. The first-order chi connectivity index (χ1) is 8.13. The summed E-state index contributed by atoms with van der Waals surface area (Å²) in [6.07, 6.45) is -0.271. The van der Waals surface area contributed by atoms with E-state index >= 15 is 0 Å². The van der Waals surface area contributed by atoms with Crippen LogP contribution >= 0.6 is 15.9 Å². The normalized spacial score (nSPS) is 12.2. The quantitative estimate of drug-likeness (QED) is 0.619. The number of esters is 1. The number of carbonyl (C=O) groups is 1. The van der Waals surface area contributed by atoms with Gasteiger partial charge in [-0.05, 0) is 17.7 Å². The Balaban J connectivity index is 2.30. The summed E-state index contributed by atoms with van der Waals surface area (Å²) >= 11 is 3.35. The molecule has 2 N–H and O–H groups in total. The highest BCUT2D eigenvalue weighted by molar-refractivity contribution is 9.10. The van der Waals surface area contributed by atoms with Crippen LogP contribution < -0.4 is 5.32 Å². The topological polar surface area (TPSA) is 58.6 Å². The lowest BCUT2D eigenvalue weighted by Crippen LogP contribution is -2.24. The van der Waals surface area contributed by atoms with E-state index in [2.05, 4.69) is 26.0 Å². The zero-order chi connectivity index (χ0) is 12.7. The fourth-order valence-electron chi connectivity index (χ4n) is 1.36. The van der Waals surface area contributed by atoms with Gasteiger partial charge in [-0.25, -0.2) is 0 Å². The van der Waals surface area contributed by atoms with Crippen molar-refractivity contribution in [1.29, 1.82) is 0 Å².